The van der Waals surface area contributed by atoms with Gasteiger partial charge in [0.15, 0.2) is 0 Å². The minimum absolute atomic E-state index is 0.268. The highest BCUT2D eigenvalue weighted by molar-refractivity contribution is 9.10. The first-order valence-corrected chi connectivity index (χ1v) is 8.58. The molecule has 1 amide bonds. The van der Waals surface area contributed by atoms with Crippen molar-refractivity contribution in [3.63, 3.8) is 0 Å². The standard InChI is InChI=1S/C19H17BrN4O/c1-13-4-2-3-5-14(13)10-22-18-12-21-17(11-23-18)19(25)24-16-8-6-15(20)7-9-16/h2-9,11-12H,10H2,1H3,(H,22,23)(H,24,25). The number of aryl methyl sites for hydroxylation is 1. The Labute approximate surface area is 154 Å². The number of nitrogens with zero attached hydrogens (tertiary/aromatic N) is 2. The summed E-state index contributed by atoms with van der Waals surface area (Å²) in [4.78, 5) is 20.6. The van der Waals surface area contributed by atoms with Gasteiger partial charge < -0.3 is 10.6 Å². The van der Waals surface area contributed by atoms with Crippen LogP contribution in [-0.2, 0) is 6.54 Å². The maximum atomic E-state index is 12.2. The number of aromatic nitrogens is 2. The summed E-state index contributed by atoms with van der Waals surface area (Å²) in [5.41, 5.74) is 3.39. The summed E-state index contributed by atoms with van der Waals surface area (Å²) in [5.74, 6) is 0.337. The lowest BCUT2D eigenvalue weighted by molar-refractivity contribution is 0.102. The predicted molar refractivity (Wildman–Crippen MR) is 103 cm³/mol. The van der Waals surface area contributed by atoms with Crippen molar-refractivity contribution in [2.45, 2.75) is 13.5 Å². The van der Waals surface area contributed by atoms with E-state index in [1.165, 1.54) is 17.3 Å². The van der Waals surface area contributed by atoms with E-state index in [1.807, 2.05) is 36.4 Å². The highest BCUT2D eigenvalue weighted by Crippen LogP contribution is 2.15. The Morgan fingerprint density at radius 2 is 1.80 bits per heavy atom. The number of carbonyl (C=O) groups excluding carboxylic acids is 1. The molecule has 0 radical (unpaired) electrons. The lowest BCUT2D eigenvalue weighted by atomic mass is 10.1. The molecule has 0 saturated heterocycles. The number of amides is 1. The fraction of sp³-hybridized carbons (Fsp3) is 0.105. The van der Waals surface area contributed by atoms with Gasteiger partial charge >= 0.3 is 0 Å². The Morgan fingerprint density at radius 3 is 2.48 bits per heavy atom. The van der Waals surface area contributed by atoms with Crippen LogP contribution in [0.1, 0.15) is 21.6 Å². The third-order valence-electron chi connectivity index (χ3n) is 3.71. The first-order valence-electron chi connectivity index (χ1n) is 7.79. The SMILES string of the molecule is Cc1ccccc1CNc1cnc(C(=O)Nc2ccc(Br)cc2)cn1. The number of hydrogen-bond donors (Lipinski definition) is 2. The van der Waals surface area contributed by atoms with Crippen LogP contribution >= 0.6 is 15.9 Å². The number of rotatable bonds is 5. The van der Waals surface area contributed by atoms with Gasteiger partial charge in [-0.3, -0.25) is 4.79 Å². The van der Waals surface area contributed by atoms with E-state index in [0.717, 1.165) is 4.47 Å². The number of anilines is 2. The molecule has 0 atom stereocenters. The smallest absolute Gasteiger partial charge is 0.275 e. The number of halogens is 1. The summed E-state index contributed by atoms with van der Waals surface area (Å²) in [6.45, 7) is 2.73. The monoisotopic (exact) mass is 396 g/mol. The normalized spacial score (nSPS) is 10.3. The van der Waals surface area contributed by atoms with Crippen molar-refractivity contribution in [1.29, 1.82) is 0 Å². The van der Waals surface area contributed by atoms with Gasteiger partial charge in [0, 0.05) is 16.7 Å². The summed E-state index contributed by atoms with van der Waals surface area (Å²) >= 11 is 3.36. The molecule has 0 fully saturated rings. The fourth-order valence-corrected chi connectivity index (χ4v) is 2.52. The average Bonchev–Trinajstić information content (AvgIpc) is 2.63. The van der Waals surface area contributed by atoms with Gasteiger partial charge in [-0.1, -0.05) is 40.2 Å². The van der Waals surface area contributed by atoms with Crippen molar-refractivity contribution in [3.05, 3.63) is 82.2 Å². The number of hydrogen-bond acceptors (Lipinski definition) is 4. The predicted octanol–water partition coefficient (Wildman–Crippen LogP) is 4.41. The second-order valence-corrected chi connectivity index (χ2v) is 6.44. The molecular weight excluding hydrogens is 380 g/mol. The van der Waals surface area contributed by atoms with Crippen molar-refractivity contribution < 1.29 is 4.79 Å². The van der Waals surface area contributed by atoms with E-state index in [9.17, 15) is 4.79 Å². The lowest BCUT2D eigenvalue weighted by Crippen LogP contribution is -2.14. The molecule has 2 aromatic carbocycles. The molecule has 6 heteroatoms. The van der Waals surface area contributed by atoms with Crippen LogP contribution in [0.25, 0.3) is 0 Å². The maximum absolute atomic E-state index is 12.2. The summed E-state index contributed by atoms with van der Waals surface area (Å²) in [5, 5.41) is 6.00. The molecule has 0 bridgehead atoms. The highest BCUT2D eigenvalue weighted by atomic mass is 79.9. The molecule has 0 aliphatic heterocycles. The van der Waals surface area contributed by atoms with Crippen molar-refractivity contribution >= 4 is 33.3 Å². The van der Waals surface area contributed by atoms with Gasteiger partial charge in [-0.2, -0.15) is 0 Å². The van der Waals surface area contributed by atoms with Crippen LogP contribution in [0.5, 0.6) is 0 Å². The largest absolute Gasteiger partial charge is 0.365 e. The lowest BCUT2D eigenvalue weighted by Gasteiger charge is -2.08. The minimum Gasteiger partial charge on any atom is -0.365 e. The van der Waals surface area contributed by atoms with E-state index in [0.29, 0.717) is 18.1 Å². The van der Waals surface area contributed by atoms with E-state index in [4.69, 9.17) is 0 Å². The second kappa shape index (κ2) is 7.90. The maximum Gasteiger partial charge on any atom is 0.275 e. The molecule has 0 unspecified atom stereocenters. The molecule has 0 aliphatic carbocycles. The van der Waals surface area contributed by atoms with Crippen LogP contribution < -0.4 is 10.6 Å². The van der Waals surface area contributed by atoms with Gasteiger partial charge in [0.05, 0.1) is 12.4 Å². The average molecular weight is 397 g/mol. The third-order valence-corrected chi connectivity index (χ3v) is 4.24. The van der Waals surface area contributed by atoms with E-state index < -0.39 is 0 Å². The quantitative estimate of drug-likeness (QED) is 0.669. The van der Waals surface area contributed by atoms with E-state index in [1.54, 1.807) is 6.20 Å². The Morgan fingerprint density at radius 1 is 1.04 bits per heavy atom. The Bertz CT molecular complexity index is 863. The van der Waals surface area contributed by atoms with Crippen molar-refractivity contribution in [1.82, 2.24) is 9.97 Å². The third kappa shape index (κ3) is 4.64. The molecule has 2 N–H and O–H groups in total. The zero-order valence-electron chi connectivity index (χ0n) is 13.7. The second-order valence-electron chi connectivity index (χ2n) is 5.53. The summed E-state index contributed by atoms with van der Waals surface area (Å²) < 4.78 is 0.953. The van der Waals surface area contributed by atoms with Crippen LogP contribution in [0, 0.1) is 6.92 Å². The van der Waals surface area contributed by atoms with Crippen molar-refractivity contribution in [3.8, 4) is 0 Å². The molecule has 3 aromatic rings. The topological polar surface area (TPSA) is 66.9 Å². The van der Waals surface area contributed by atoms with Crippen LogP contribution in [0.2, 0.25) is 0 Å². The molecule has 25 heavy (non-hydrogen) atoms. The molecule has 1 aromatic heterocycles. The number of benzene rings is 2. The molecule has 5 nitrogen and oxygen atoms in total. The van der Waals surface area contributed by atoms with Gasteiger partial charge in [-0.15, -0.1) is 0 Å². The van der Waals surface area contributed by atoms with E-state index >= 15 is 0 Å². The molecular formula is C19H17BrN4O. The molecule has 3 rings (SSSR count). The first-order chi connectivity index (χ1) is 12.1. The van der Waals surface area contributed by atoms with Gasteiger partial charge in [0.2, 0.25) is 0 Å². The molecule has 0 saturated carbocycles. The first kappa shape index (κ1) is 17.1. The minimum atomic E-state index is -0.291. The summed E-state index contributed by atoms with van der Waals surface area (Å²) in [6.07, 6.45) is 3.03. The number of nitrogens with one attached hydrogen (secondary N) is 2. The van der Waals surface area contributed by atoms with Gasteiger partial charge in [-0.25, -0.2) is 9.97 Å². The van der Waals surface area contributed by atoms with Crippen molar-refractivity contribution in [2.75, 3.05) is 10.6 Å². The zero-order chi connectivity index (χ0) is 17.6. The van der Waals surface area contributed by atoms with Gasteiger partial charge in [0.25, 0.3) is 5.91 Å². The van der Waals surface area contributed by atoms with Crippen molar-refractivity contribution in [2.24, 2.45) is 0 Å². The number of carbonyl (C=O) groups is 1. The van der Waals surface area contributed by atoms with Crippen LogP contribution in [0.4, 0.5) is 11.5 Å². The van der Waals surface area contributed by atoms with E-state index in [2.05, 4.69) is 55.6 Å². The molecule has 0 aliphatic rings. The zero-order valence-corrected chi connectivity index (χ0v) is 15.2. The highest BCUT2D eigenvalue weighted by Gasteiger charge is 2.08. The summed E-state index contributed by atoms with van der Waals surface area (Å²) in [7, 11) is 0. The Kier molecular flexibility index (Phi) is 5.40. The Hall–Kier alpha value is -2.73. The van der Waals surface area contributed by atoms with Gasteiger partial charge in [-0.05, 0) is 42.3 Å². The fourth-order valence-electron chi connectivity index (χ4n) is 2.26. The van der Waals surface area contributed by atoms with Gasteiger partial charge in [0.1, 0.15) is 11.5 Å². The molecule has 1 heterocycles. The molecule has 126 valence electrons. The van der Waals surface area contributed by atoms with Crippen LogP contribution in [0.3, 0.4) is 0 Å². The summed E-state index contributed by atoms with van der Waals surface area (Å²) in [6, 6.07) is 15.5. The van der Waals surface area contributed by atoms with E-state index in [-0.39, 0.29) is 11.6 Å². The Balaban J connectivity index is 1.60. The van der Waals surface area contributed by atoms with Crippen LogP contribution in [0.15, 0.2) is 65.4 Å². The molecule has 0 spiro atoms. The van der Waals surface area contributed by atoms with Crippen LogP contribution in [-0.4, -0.2) is 15.9 Å².